The van der Waals surface area contributed by atoms with E-state index in [4.69, 9.17) is 11.6 Å². The molecule has 0 saturated carbocycles. The second-order valence-electron chi connectivity index (χ2n) is 2.25. The molecule has 1 aromatic rings. The smallest absolute Gasteiger partial charge is 0.192 e. The van der Waals surface area contributed by atoms with Crippen molar-refractivity contribution in [2.24, 2.45) is 0 Å². The minimum Gasteiger partial charge on any atom is -0.289 e. The van der Waals surface area contributed by atoms with Crippen LogP contribution < -0.4 is 0 Å². The number of halogens is 3. The molecule has 0 spiro atoms. The van der Waals surface area contributed by atoms with Gasteiger partial charge in [0.05, 0.1) is 5.56 Å². The molecule has 1 nitrogen and oxygen atoms in total. The van der Waals surface area contributed by atoms with Crippen LogP contribution in [0.2, 0.25) is 0 Å². The van der Waals surface area contributed by atoms with E-state index >= 15 is 0 Å². The van der Waals surface area contributed by atoms with Gasteiger partial charge in [-0.15, -0.1) is 0 Å². The van der Waals surface area contributed by atoms with Crippen LogP contribution in [-0.4, -0.2) is 5.78 Å². The van der Waals surface area contributed by atoms with E-state index in [9.17, 15) is 13.6 Å². The zero-order valence-electron chi connectivity index (χ0n) is 6.43. The number of hydrogen-bond donors (Lipinski definition) is 0. The van der Waals surface area contributed by atoms with Crippen molar-refractivity contribution >= 4 is 17.4 Å². The van der Waals surface area contributed by atoms with Gasteiger partial charge in [0.25, 0.3) is 0 Å². The van der Waals surface area contributed by atoms with Gasteiger partial charge < -0.3 is 0 Å². The summed E-state index contributed by atoms with van der Waals surface area (Å²) < 4.78 is 25.8. The van der Waals surface area contributed by atoms with Crippen LogP contribution in [0.3, 0.4) is 0 Å². The Morgan fingerprint density at radius 2 is 1.85 bits per heavy atom. The van der Waals surface area contributed by atoms with Gasteiger partial charge >= 0.3 is 0 Å². The van der Waals surface area contributed by atoms with Crippen molar-refractivity contribution in [1.29, 1.82) is 0 Å². The molecule has 0 atom stereocenters. The van der Waals surface area contributed by atoms with Crippen LogP contribution >= 0.6 is 11.6 Å². The van der Waals surface area contributed by atoms with Gasteiger partial charge in [-0.25, -0.2) is 8.78 Å². The molecule has 0 aromatic heterocycles. The van der Waals surface area contributed by atoms with Crippen molar-refractivity contribution < 1.29 is 13.6 Å². The van der Waals surface area contributed by atoms with Crippen molar-refractivity contribution in [2.75, 3.05) is 0 Å². The van der Waals surface area contributed by atoms with Crippen LogP contribution in [0.4, 0.5) is 8.78 Å². The molecule has 0 N–H and O–H groups in total. The van der Waals surface area contributed by atoms with Crippen LogP contribution in [-0.2, 0) is 0 Å². The van der Waals surface area contributed by atoms with Crippen molar-refractivity contribution in [1.82, 2.24) is 0 Å². The standard InChI is InChI=1S/C9H5ClF2O/c10-5-4-8(13)9-6(11)2-1-3-7(9)12/h1-5H/b5-4+. The molecule has 0 fully saturated rings. The summed E-state index contributed by atoms with van der Waals surface area (Å²) in [5.41, 5.74) is 0.327. The van der Waals surface area contributed by atoms with Gasteiger partial charge in [-0.05, 0) is 18.2 Å². The third kappa shape index (κ3) is 2.12. The highest BCUT2D eigenvalue weighted by Gasteiger charge is 2.13. The number of allylic oxidation sites excluding steroid dienone is 1. The maximum Gasteiger partial charge on any atom is 0.192 e. The Hall–Kier alpha value is -1.22. The zero-order chi connectivity index (χ0) is 9.84. The maximum atomic E-state index is 12.9. The minimum absolute atomic E-state index is 0.584. The molecule has 68 valence electrons. The van der Waals surface area contributed by atoms with E-state index in [-0.39, 0.29) is 0 Å². The van der Waals surface area contributed by atoms with E-state index in [0.717, 1.165) is 23.7 Å². The fraction of sp³-hybridized carbons (Fsp3) is 0. The van der Waals surface area contributed by atoms with Crippen LogP contribution in [0.1, 0.15) is 10.4 Å². The highest BCUT2D eigenvalue weighted by Crippen LogP contribution is 2.13. The topological polar surface area (TPSA) is 17.1 Å². The molecule has 4 heteroatoms. The lowest BCUT2D eigenvalue weighted by Gasteiger charge is -1.98. The summed E-state index contributed by atoms with van der Waals surface area (Å²) in [5, 5.41) is 0. The predicted octanol–water partition coefficient (Wildman–Crippen LogP) is 2.90. The van der Waals surface area contributed by atoms with Gasteiger partial charge in [0.1, 0.15) is 11.6 Å². The third-order valence-electron chi connectivity index (χ3n) is 1.42. The fourth-order valence-electron chi connectivity index (χ4n) is 0.874. The number of ketones is 1. The Morgan fingerprint density at radius 3 is 2.31 bits per heavy atom. The molecule has 0 bridgehead atoms. The summed E-state index contributed by atoms with van der Waals surface area (Å²) in [4.78, 5) is 11.0. The molecule has 0 amide bonds. The van der Waals surface area contributed by atoms with Gasteiger partial charge in [0.2, 0.25) is 0 Å². The molecule has 0 aliphatic heterocycles. The molecule has 1 rings (SSSR count). The average molecular weight is 203 g/mol. The van der Waals surface area contributed by atoms with E-state index in [0.29, 0.717) is 0 Å². The van der Waals surface area contributed by atoms with E-state index < -0.39 is 23.0 Å². The van der Waals surface area contributed by atoms with E-state index in [1.165, 1.54) is 6.07 Å². The monoisotopic (exact) mass is 202 g/mol. The van der Waals surface area contributed by atoms with Crippen LogP contribution in [0.25, 0.3) is 0 Å². The van der Waals surface area contributed by atoms with Gasteiger partial charge in [-0.2, -0.15) is 0 Å². The Balaban J connectivity index is 3.20. The lowest BCUT2D eigenvalue weighted by molar-refractivity contribution is 0.103. The fourth-order valence-corrected chi connectivity index (χ4v) is 0.988. The summed E-state index contributed by atoms with van der Waals surface area (Å²) in [5.74, 6) is -2.56. The lowest BCUT2D eigenvalue weighted by atomic mass is 10.1. The van der Waals surface area contributed by atoms with E-state index in [1.807, 2.05) is 0 Å². The number of carbonyl (C=O) groups excluding carboxylic acids is 1. The molecule has 0 aliphatic carbocycles. The molecule has 0 unspecified atom stereocenters. The average Bonchev–Trinajstić information content (AvgIpc) is 2.04. The lowest BCUT2D eigenvalue weighted by Crippen LogP contribution is -2.02. The highest BCUT2D eigenvalue weighted by atomic mass is 35.5. The third-order valence-corrected chi connectivity index (χ3v) is 1.55. The largest absolute Gasteiger partial charge is 0.289 e. The molecule has 0 aliphatic rings. The van der Waals surface area contributed by atoms with E-state index in [2.05, 4.69) is 0 Å². The maximum absolute atomic E-state index is 12.9. The Labute approximate surface area is 78.6 Å². The molecule has 0 radical (unpaired) electrons. The predicted molar refractivity (Wildman–Crippen MR) is 45.7 cm³/mol. The molecule has 0 saturated heterocycles. The van der Waals surface area contributed by atoms with E-state index in [1.54, 1.807) is 0 Å². The SMILES string of the molecule is O=C(/C=C/Cl)c1c(F)cccc1F. The van der Waals surface area contributed by atoms with Gasteiger partial charge in [-0.3, -0.25) is 4.79 Å². The van der Waals surface area contributed by atoms with Gasteiger partial charge in [-0.1, -0.05) is 17.7 Å². The molecule has 13 heavy (non-hydrogen) atoms. The first-order valence-electron chi connectivity index (χ1n) is 3.42. The Kier molecular flexibility index (Phi) is 3.14. The van der Waals surface area contributed by atoms with Crippen molar-refractivity contribution in [2.45, 2.75) is 0 Å². The minimum atomic E-state index is -0.889. The van der Waals surface area contributed by atoms with Gasteiger partial charge in [0, 0.05) is 5.54 Å². The first-order valence-corrected chi connectivity index (χ1v) is 3.85. The Bertz CT molecular complexity index is 340. The zero-order valence-corrected chi connectivity index (χ0v) is 7.18. The normalized spacial score (nSPS) is 10.7. The quantitative estimate of drug-likeness (QED) is 0.532. The number of hydrogen-bond acceptors (Lipinski definition) is 1. The molecule has 1 aromatic carbocycles. The second-order valence-corrected chi connectivity index (χ2v) is 2.51. The van der Waals surface area contributed by atoms with Crippen LogP contribution in [0.5, 0.6) is 0 Å². The number of benzene rings is 1. The number of rotatable bonds is 2. The van der Waals surface area contributed by atoms with Crippen LogP contribution in [0, 0.1) is 11.6 Å². The van der Waals surface area contributed by atoms with Crippen molar-refractivity contribution in [3.8, 4) is 0 Å². The molecule has 0 heterocycles. The van der Waals surface area contributed by atoms with Crippen molar-refractivity contribution in [3.05, 3.63) is 47.0 Å². The number of carbonyl (C=O) groups is 1. The first-order chi connectivity index (χ1) is 6.16. The van der Waals surface area contributed by atoms with Crippen molar-refractivity contribution in [3.63, 3.8) is 0 Å². The summed E-state index contributed by atoms with van der Waals surface area (Å²) in [6.45, 7) is 0. The second kappa shape index (κ2) is 4.14. The molecular weight excluding hydrogens is 198 g/mol. The Morgan fingerprint density at radius 1 is 1.31 bits per heavy atom. The summed E-state index contributed by atoms with van der Waals surface area (Å²) in [7, 11) is 0. The molecular formula is C9H5ClF2O. The van der Waals surface area contributed by atoms with Gasteiger partial charge in [0.15, 0.2) is 5.78 Å². The summed E-state index contributed by atoms with van der Waals surface area (Å²) in [6.07, 6.45) is 0.892. The van der Waals surface area contributed by atoms with Crippen LogP contribution in [0.15, 0.2) is 29.8 Å². The first kappa shape index (κ1) is 9.86. The summed E-state index contributed by atoms with van der Waals surface area (Å²) in [6, 6.07) is 3.21. The highest BCUT2D eigenvalue weighted by molar-refractivity contribution is 6.27. The summed E-state index contributed by atoms with van der Waals surface area (Å²) >= 11 is 5.10.